The number of aromatic nitrogens is 2. The molecule has 6 nitrogen and oxygen atoms in total. The standard InChI is InChI=1S/C13H20N4O2/c1-2-11-14-15-12(19-11)9-16-5-7-17(8-6-16)13(18)10-3-4-10/h10H,2-9H2,1H3. The van der Waals surface area contributed by atoms with Crippen molar-refractivity contribution in [3.05, 3.63) is 11.8 Å². The summed E-state index contributed by atoms with van der Waals surface area (Å²) in [5.41, 5.74) is 0. The van der Waals surface area contributed by atoms with Crippen molar-refractivity contribution >= 4 is 5.91 Å². The molecule has 1 aliphatic heterocycles. The van der Waals surface area contributed by atoms with Gasteiger partial charge in [0.25, 0.3) is 0 Å². The molecule has 0 radical (unpaired) electrons. The fourth-order valence-corrected chi connectivity index (χ4v) is 2.40. The lowest BCUT2D eigenvalue weighted by Gasteiger charge is -2.34. The van der Waals surface area contributed by atoms with Gasteiger partial charge in [-0.2, -0.15) is 0 Å². The average Bonchev–Trinajstić information content (AvgIpc) is 3.19. The smallest absolute Gasteiger partial charge is 0.230 e. The molecule has 1 saturated heterocycles. The van der Waals surface area contributed by atoms with E-state index in [2.05, 4.69) is 15.1 Å². The van der Waals surface area contributed by atoms with Gasteiger partial charge in [0.1, 0.15) is 0 Å². The molecule has 0 bridgehead atoms. The van der Waals surface area contributed by atoms with Gasteiger partial charge in [-0.05, 0) is 12.8 Å². The maximum Gasteiger partial charge on any atom is 0.230 e. The van der Waals surface area contributed by atoms with E-state index < -0.39 is 0 Å². The van der Waals surface area contributed by atoms with Gasteiger partial charge in [0.15, 0.2) is 0 Å². The number of piperazine rings is 1. The second-order valence-corrected chi connectivity index (χ2v) is 5.32. The van der Waals surface area contributed by atoms with Crippen LogP contribution in [0.25, 0.3) is 0 Å². The normalized spacial score (nSPS) is 20.8. The van der Waals surface area contributed by atoms with Crippen LogP contribution >= 0.6 is 0 Å². The van der Waals surface area contributed by atoms with Gasteiger partial charge in [0.05, 0.1) is 6.54 Å². The predicted molar refractivity (Wildman–Crippen MR) is 68.3 cm³/mol. The molecule has 104 valence electrons. The Balaban J connectivity index is 1.48. The van der Waals surface area contributed by atoms with Crippen LogP contribution in [-0.2, 0) is 17.8 Å². The summed E-state index contributed by atoms with van der Waals surface area (Å²) in [5.74, 6) is 2.05. The van der Waals surface area contributed by atoms with E-state index in [9.17, 15) is 4.79 Å². The molecule has 19 heavy (non-hydrogen) atoms. The fourth-order valence-electron chi connectivity index (χ4n) is 2.40. The van der Waals surface area contributed by atoms with Crippen LogP contribution in [0, 0.1) is 5.92 Å². The maximum absolute atomic E-state index is 11.9. The average molecular weight is 264 g/mol. The van der Waals surface area contributed by atoms with E-state index in [4.69, 9.17) is 4.42 Å². The monoisotopic (exact) mass is 264 g/mol. The number of amides is 1. The molecule has 0 unspecified atom stereocenters. The molecule has 3 rings (SSSR count). The summed E-state index contributed by atoms with van der Waals surface area (Å²) < 4.78 is 5.51. The van der Waals surface area contributed by atoms with E-state index in [1.54, 1.807) is 0 Å². The first-order valence-electron chi connectivity index (χ1n) is 7.08. The molecule has 0 N–H and O–H groups in total. The molecule has 1 saturated carbocycles. The highest BCUT2D eigenvalue weighted by Crippen LogP contribution is 2.31. The van der Waals surface area contributed by atoms with Gasteiger partial charge >= 0.3 is 0 Å². The number of carbonyl (C=O) groups is 1. The van der Waals surface area contributed by atoms with Crippen LogP contribution in [0.3, 0.4) is 0 Å². The maximum atomic E-state index is 11.9. The van der Waals surface area contributed by atoms with E-state index in [1.165, 1.54) is 0 Å². The molecule has 1 aliphatic carbocycles. The Morgan fingerprint density at radius 1 is 1.21 bits per heavy atom. The molecular formula is C13H20N4O2. The van der Waals surface area contributed by atoms with Crippen molar-refractivity contribution < 1.29 is 9.21 Å². The minimum absolute atomic E-state index is 0.328. The van der Waals surface area contributed by atoms with Crippen LogP contribution in [0.1, 0.15) is 31.5 Å². The lowest BCUT2D eigenvalue weighted by atomic mass is 10.2. The van der Waals surface area contributed by atoms with E-state index >= 15 is 0 Å². The highest BCUT2D eigenvalue weighted by atomic mass is 16.4. The first-order valence-corrected chi connectivity index (χ1v) is 7.08. The van der Waals surface area contributed by atoms with Gasteiger partial charge < -0.3 is 9.32 Å². The van der Waals surface area contributed by atoms with Gasteiger partial charge in [-0.25, -0.2) is 0 Å². The molecule has 1 aromatic rings. The zero-order chi connectivity index (χ0) is 13.2. The number of rotatable bonds is 4. The van der Waals surface area contributed by atoms with E-state index in [-0.39, 0.29) is 0 Å². The predicted octanol–water partition coefficient (Wildman–Crippen LogP) is 0.686. The summed E-state index contributed by atoms with van der Waals surface area (Å²) in [6.45, 7) is 6.12. The van der Waals surface area contributed by atoms with E-state index in [0.29, 0.717) is 30.2 Å². The van der Waals surface area contributed by atoms with Crippen LogP contribution in [0.2, 0.25) is 0 Å². The number of hydrogen-bond donors (Lipinski definition) is 0. The molecule has 1 amide bonds. The Labute approximate surface area is 112 Å². The largest absolute Gasteiger partial charge is 0.424 e. The molecule has 0 aromatic carbocycles. The second-order valence-electron chi connectivity index (χ2n) is 5.32. The van der Waals surface area contributed by atoms with Crippen molar-refractivity contribution in [1.82, 2.24) is 20.0 Å². The molecule has 0 spiro atoms. The molecule has 2 heterocycles. The molecule has 2 aliphatic rings. The van der Waals surface area contributed by atoms with Crippen LogP contribution < -0.4 is 0 Å². The molecule has 2 fully saturated rings. The molecule has 1 aromatic heterocycles. The van der Waals surface area contributed by atoms with Gasteiger partial charge in [-0.15, -0.1) is 10.2 Å². The van der Waals surface area contributed by atoms with E-state index in [0.717, 1.165) is 45.4 Å². The Morgan fingerprint density at radius 2 is 1.89 bits per heavy atom. The zero-order valence-electron chi connectivity index (χ0n) is 11.3. The number of nitrogens with zero attached hydrogens (tertiary/aromatic N) is 4. The third-order valence-corrected chi connectivity index (χ3v) is 3.78. The Kier molecular flexibility index (Phi) is 3.50. The summed E-state index contributed by atoms with van der Waals surface area (Å²) in [6.07, 6.45) is 2.94. The summed E-state index contributed by atoms with van der Waals surface area (Å²) in [5, 5.41) is 8.00. The first-order chi connectivity index (χ1) is 9.26. The van der Waals surface area contributed by atoms with Crippen molar-refractivity contribution in [3.63, 3.8) is 0 Å². The lowest BCUT2D eigenvalue weighted by molar-refractivity contribution is -0.134. The fraction of sp³-hybridized carbons (Fsp3) is 0.769. The van der Waals surface area contributed by atoms with Crippen molar-refractivity contribution in [2.75, 3.05) is 26.2 Å². The van der Waals surface area contributed by atoms with Gasteiger partial charge in [0, 0.05) is 38.5 Å². The number of aryl methyl sites for hydroxylation is 1. The highest BCUT2D eigenvalue weighted by molar-refractivity contribution is 5.81. The topological polar surface area (TPSA) is 62.5 Å². The summed E-state index contributed by atoms with van der Waals surface area (Å²) >= 11 is 0. The summed E-state index contributed by atoms with van der Waals surface area (Å²) in [6, 6.07) is 0. The number of carbonyl (C=O) groups excluding carboxylic acids is 1. The Bertz CT molecular complexity index is 447. The van der Waals surface area contributed by atoms with Crippen molar-refractivity contribution in [2.45, 2.75) is 32.7 Å². The lowest BCUT2D eigenvalue weighted by Crippen LogP contribution is -2.48. The third-order valence-electron chi connectivity index (χ3n) is 3.78. The summed E-state index contributed by atoms with van der Waals surface area (Å²) in [4.78, 5) is 16.2. The SMILES string of the molecule is CCc1nnc(CN2CCN(C(=O)C3CC3)CC2)o1. The zero-order valence-corrected chi connectivity index (χ0v) is 11.3. The van der Waals surface area contributed by atoms with Crippen molar-refractivity contribution in [1.29, 1.82) is 0 Å². The quantitative estimate of drug-likeness (QED) is 0.800. The Morgan fingerprint density at radius 3 is 2.47 bits per heavy atom. The van der Waals surface area contributed by atoms with Crippen LogP contribution in [0.5, 0.6) is 0 Å². The van der Waals surface area contributed by atoms with Gasteiger partial charge in [-0.1, -0.05) is 6.92 Å². The van der Waals surface area contributed by atoms with E-state index in [1.807, 2.05) is 11.8 Å². The molecular weight excluding hydrogens is 244 g/mol. The molecule has 6 heteroatoms. The number of hydrogen-bond acceptors (Lipinski definition) is 5. The van der Waals surface area contributed by atoms with Crippen LogP contribution in [-0.4, -0.2) is 52.1 Å². The first kappa shape index (κ1) is 12.6. The summed E-state index contributed by atoms with van der Waals surface area (Å²) in [7, 11) is 0. The van der Waals surface area contributed by atoms with Gasteiger partial charge in [-0.3, -0.25) is 9.69 Å². The second kappa shape index (κ2) is 5.28. The highest BCUT2D eigenvalue weighted by Gasteiger charge is 2.34. The van der Waals surface area contributed by atoms with Gasteiger partial charge in [0.2, 0.25) is 17.7 Å². The molecule has 0 atom stereocenters. The van der Waals surface area contributed by atoms with Crippen LogP contribution in [0.15, 0.2) is 4.42 Å². The third kappa shape index (κ3) is 2.94. The Hall–Kier alpha value is -1.43. The minimum atomic E-state index is 0.328. The van der Waals surface area contributed by atoms with Crippen molar-refractivity contribution in [3.8, 4) is 0 Å². The minimum Gasteiger partial charge on any atom is -0.424 e. The van der Waals surface area contributed by atoms with Crippen molar-refractivity contribution in [2.24, 2.45) is 5.92 Å². The van der Waals surface area contributed by atoms with Crippen LogP contribution in [0.4, 0.5) is 0 Å².